The first-order chi connectivity index (χ1) is 10.8. The van der Waals surface area contributed by atoms with Gasteiger partial charge < -0.3 is 10.6 Å². The fourth-order valence-corrected chi connectivity index (χ4v) is 3.24. The first kappa shape index (κ1) is 21.1. The van der Waals surface area contributed by atoms with Crippen LogP contribution in [0.1, 0.15) is 37.6 Å². The fourth-order valence-electron chi connectivity index (χ4n) is 2.03. The second kappa shape index (κ2) is 8.94. The zero-order chi connectivity index (χ0) is 17.0. The summed E-state index contributed by atoms with van der Waals surface area (Å²) >= 11 is 7.89. The van der Waals surface area contributed by atoms with E-state index >= 15 is 0 Å². The minimum Gasteiger partial charge on any atom is -0.347 e. The average molecular weight is 392 g/mol. The number of rotatable bonds is 5. The van der Waals surface area contributed by atoms with E-state index < -0.39 is 0 Å². The number of hydrogen-bond donors (Lipinski definition) is 3. The highest BCUT2D eigenvalue weighted by Crippen LogP contribution is 2.22. The maximum atomic E-state index is 12.3. The van der Waals surface area contributed by atoms with Gasteiger partial charge in [-0.15, -0.1) is 24.2 Å². The Bertz CT molecular complexity index is 605. The Morgan fingerprint density at radius 2 is 2.12 bits per heavy atom. The molecule has 1 heterocycles. The molecule has 3 N–H and O–H groups in total. The van der Waals surface area contributed by atoms with Crippen LogP contribution in [-0.2, 0) is 4.79 Å². The van der Waals surface area contributed by atoms with Crippen molar-refractivity contribution in [2.75, 3.05) is 16.9 Å². The van der Waals surface area contributed by atoms with Crippen molar-refractivity contribution in [1.29, 1.82) is 0 Å². The van der Waals surface area contributed by atoms with Crippen LogP contribution >= 0.6 is 35.8 Å². The molecule has 1 aliphatic rings. The Morgan fingerprint density at radius 1 is 1.42 bits per heavy atom. The predicted octanol–water partition coefficient (Wildman–Crippen LogP) is 3.28. The Labute approximate surface area is 158 Å². The average Bonchev–Trinajstić information content (AvgIpc) is 3.01. The molecule has 1 fully saturated rings. The topological polar surface area (TPSA) is 70.2 Å². The van der Waals surface area contributed by atoms with Gasteiger partial charge in [0.25, 0.3) is 5.91 Å². The van der Waals surface area contributed by atoms with Crippen LogP contribution in [0.15, 0.2) is 18.2 Å². The van der Waals surface area contributed by atoms with Crippen molar-refractivity contribution in [2.24, 2.45) is 0 Å². The van der Waals surface area contributed by atoms with Crippen LogP contribution in [0.2, 0.25) is 5.02 Å². The van der Waals surface area contributed by atoms with Crippen LogP contribution in [-0.4, -0.2) is 35.0 Å². The molecule has 0 saturated carbocycles. The lowest BCUT2D eigenvalue weighted by Crippen LogP contribution is -2.42. The lowest BCUT2D eigenvalue weighted by molar-refractivity contribution is -0.117. The maximum Gasteiger partial charge on any atom is 0.253 e. The Morgan fingerprint density at radius 3 is 2.67 bits per heavy atom. The molecular formula is C16H23Cl2N3O2S. The summed E-state index contributed by atoms with van der Waals surface area (Å²) in [5.74, 6) is 1.24. The highest BCUT2D eigenvalue weighted by Gasteiger charge is 2.23. The van der Waals surface area contributed by atoms with Crippen LogP contribution in [0.25, 0.3) is 0 Å². The molecule has 134 valence electrons. The molecule has 2 amide bonds. The Balaban J connectivity index is 0.00000288. The normalized spacial score (nSPS) is 17.1. The third kappa shape index (κ3) is 5.55. The zero-order valence-electron chi connectivity index (χ0n) is 13.9. The molecule has 0 aliphatic carbocycles. The van der Waals surface area contributed by atoms with Gasteiger partial charge in [-0.1, -0.05) is 18.5 Å². The smallest absolute Gasteiger partial charge is 0.253 e. The van der Waals surface area contributed by atoms with Crippen LogP contribution < -0.4 is 16.0 Å². The lowest BCUT2D eigenvalue weighted by Gasteiger charge is -2.24. The van der Waals surface area contributed by atoms with E-state index in [0.29, 0.717) is 16.3 Å². The molecule has 5 nitrogen and oxygen atoms in total. The van der Waals surface area contributed by atoms with E-state index in [2.05, 4.69) is 16.0 Å². The van der Waals surface area contributed by atoms with Crippen molar-refractivity contribution >= 4 is 53.3 Å². The highest BCUT2D eigenvalue weighted by atomic mass is 35.5. The van der Waals surface area contributed by atoms with Crippen molar-refractivity contribution in [3.05, 3.63) is 28.8 Å². The number of amides is 2. The summed E-state index contributed by atoms with van der Waals surface area (Å²) in [6.07, 6.45) is 0.816. The number of carbonyl (C=O) groups excluding carboxylic acids is 2. The summed E-state index contributed by atoms with van der Waals surface area (Å²) in [5, 5.41) is 9.19. The molecule has 0 aromatic heterocycles. The minimum absolute atomic E-state index is 0. The number of nitrogens with one attached hydrogen (secondary N) is 3. The van der Waals surface area contributed by atoms with Crippen LogP contribution in [0.3, 0.4) is 0 Å². The first-order valence-electron chi connectivity index (χ1n) is 7.56. The lowest BCUT2D eigenvalue weighted by atomic mass is 10.0. The highest BCUT2D eigenvalue weighted by molar-refractivity contribution is 7.99. The van der Waals surface area contributed by atoms with Crippen molar-refractivity contribution in [1.82, 2.24) is 10.6 Å². The van der Waals surface area contributed by atoms with E-state index in [4.69, 9.17) is 11.6 Å². The molecule has 1 aliphatic heterocycles. The van der Waals surface area contributed by atoms with Crippen LogP contribution in [0.5, 0.6) is 0 Å². The molecule has 0 radical (unpaired) electrons. The fraction of sp³-hybridized carbons (Fsp3) is 0.500. The predicted molar refractivity (Wildman–Crippen MR) is 103 cm³/mol. The van der Waals surface area contributed by atoms with Gasteiger partial charge in [0, 0.05) is 22.9 Å². The third-order valence-electron chi connectivity index (χ3n) is 3.85. The molecule has 1 saturated heterocycles. The molecule has 24 heavy (non-hydrogen) atoms. The molecule has 0 spiro atoms. The minimum atomic E-state index is -0.293. The first-order valence-corrected chi connectivity index (χ1v) is 9.10. The summed E-state index contributed by atoms with van der Waals surface area (Å²) in [5.41, 5.74) is 0.699. The van der Waals surface area contributed by atoms with Gasteiger partial charge in [-0.3, -0.25) is 14.9 Å². The molecule has 1 aromatic rings. The zero-order valence-corrected chi connectivity index (χ0v) is 16.3. The van der Waals surface area contributed by atoms with E-state index in [1.807, 2.05) is 20.8 Å². The molecule has 0 bridgehead atoms. The van der Waals surface area contributed by atoms with Gasteiger partial charge in [0.2, 0.25) is 5.91 Å². The Hall–Kier alpha value is -0.950. The summed E-state index contributed by atoms with van der Waals surface area (Å²) in [7, 11) is 0. The van der Waals surface area contributed by atoms with E-state index in [1.54, 1.807) is 30.0 Å². The standard InChI is InChI=1S/C16H22ClN3O2S.ClH/c1-4-16(2,3)20-14(21)11-6-5-10(7-12(11)17)19-15(22)13-8-23-9-18-13;/h5-7,13,18H,4,8-9H2,1-3H3,(H,19,22)(H,20,21);1H. The largest absolute Gasteiger partial charge is 0.347 e. The number of halogens is 2. The molecule has 8 heteroatoms. The molecular weight excluding hydrogens is 369 g/mol. The second-order valence-corrected chi connectivity index (χ2v) is 7.58. The van der Waals surface area contributed by atoms with Gasteiger partial charge in [-0.25, -0.2) is 0 Å². The summed E-state index contributed by atoms with van der Waals surface area (Å²) in [6, 6.07) is 4.75. The quantitative estimate of drug-likeness (QED) is 0.719. The molecule has 1 atom stereocenters. The van der Waals surface area contributed by atoms with E-state index in [-0.39, 0.29) is 35.8 Å². The van der Waals surface area contributed by atoms with Gasteiger partial charge in [-0.2, -0.15) is 0 Å². The maximum absolute atomic E-state index is 12.3. The number of benzene rings is 1. The van der Waals surface area contributed by atoms with Crippen molar-refractivity contribution in [2.45, 2.75) is 38.8 Å². The van der Waals surface area contributed by atoms with Gasteiger partial charge in [0.15, 0.2) is 0 Å². The van der Waals surface area contributed by atoms with E-state index in [1.165, 1.54) is 0 Å². The SMILES string of the molecule is CCC(C)(C)NC(=O)c1ccc(NC(=O)C2CSCN2)cc1Cl.Cl. The number of carbonyl (C=O) groups is 2. The third-order valence-corrected chi connectivity index (χ3v) is 5.10. The van der Waals surface area contributed by atoms with Crippen molar-refractivity contribution < 1.29 is 9.59 Å². The molecule has 1 aromatic carbocycles. The van der Waals surface area contributed by atoms with Gasteiger partial charge in [0.05, 0.1) is 16.6 Å². The van der Waals surface area contributed by atoms with E-state index in [0.717, 1.165) is 18.1 Å². The molecule has 2 rings (SSSR count). The summed E-state index contributed by atoms with van der Waals surface area (Å²) < 4.78 is 0. The van der Waals surface area contributed by atoms with E-state index in [9.17, 15) is 9.59 Å². The number of thioether (sulfide) groups is 1. The van der Waals surface area contributed by atoms with Gasteiger partial charge >= 0.3 is 0 Å². The summed E-state index contributed by atoms with van der Waals surface area (Å²) in [6.45, 7) is 5.93. The monoisotopic (exact) mass is 391 g/mol. The number of anilines is 1. The van der Waals surface area contributed by atoms with Crippen LogP contribution in [0.4, 0.5) is 5.69 Å². The van der Waals surface area contributed by atoms with Crippen molar-refractivity contribution in [3.8, 4) is 0 Å². The second-order valence-electron chi connectivity index (χ2n) is 6.15. The van der Waals surface area contributed by atoms with Crippen molar-refractivity contribution in [3.63, 3.8) is 0 Å². The Kier molecular flexibility index (Phi) is 7.86. The molecule has 1 unspecified atom stereocenters. The van der Waals surface area contributed by atoms with Gasteiger partial charge in [0.1, 0.15) is 0 Å². The summed E-state index contributed by atoms with van der Waals surface area (Å²) in [4.78, 5) is 24.3. The van der Waals surface area contributed by atoms with Gasteiger partial charge in [-0.05, 0) is 38.5 Å². The number of hydrogen-bond acceptors (Lipinski definition) is 4. The van der Waals surface area contributed by atoms with Crippen LogP contribution in [0, 0.1) is 0 Å².